The van der Waals surface area contributed by atoms with Gasteiger partial charge in [-0.1, -0.05) is 36.1 Å². The van der Waals surface area contributed by atoms with E-state index in [9.17, 15) is 9.59 Å². The molecular formula is C30H33IN4O2. The number of nitrogens with zero attached hydrogens (tertiary/aromatic N) is 2. The monoisotopic (exact) mass is 608 g/mol. The van der Waals surface area contributed by atoms with Crippen LogP contribution in [0.5, 0.6) is 0 Å². The lowest BCUT2D eigenvalue weighted by Gasteiger charge is -2.14. The van der Waals surface area contributed by atoms with Crippen LogP contribution in [-0.4, -0.2) is 21.6 Å². The zero-order valence-corrected chi connectivity index (χ0v) is 23.7. The molecule has 2 amide bonds. The molecule has 1 heterocycles. The number of benzene rings is 2. The Balaban J connectivity index is 0.000000186. The molecule has 2 N–H and O–H groups in total. The first-order chi connectivity index (χ1) is 17.8. The number of amides is 2. The first-order valence-corrected chi connectivity index (χ1v) is 13.8. The Kier molecular flexibility index (Phi) is 9.04. The average Bonchev–Trinajstić information content (AvgIpc) is 3.81. The molecule has 6 nitrogen and oxygen atoms in total. The van der Waals surface area contributed by atoms with E-state index in [1.807, 2.05) is 51.4 Å². The number of carbonyl (C=O) groups is 2. The van der Waals surface area contributed by atoms with E-state index >= 15 is 0 Å². The normalized spacial score (nSPS) is 15.8. The predicted octanol–water partition coefficient (Wildman–Crippen LogP) is 5.29. The van der Waals surface area contributed by atoms with Crippen LogP contribution in [0.15, 0.2) is 60.9 Å². The molecule has 0 unspecified atom stereocenters. The van der Waals surface area contributed by atoms with Crippen molar-refractivity contribution in [3.63, 3.8) is 0 Å². The molecule has 5 rings (SSSR count). The zero-order chi connectivity index (χ0) is 26.4. The Morgan fingerprint density at radius 1 is 0.838 bits per heavy atom. The highest BCUT2D eigenvalue weighted by molar-refractivity contribution is 14.1. The second kappa shape index (κ2) is 12.4. The van der Waals surface area contributed by atoms with E-state index in [2.05, 4.69) is 74.4 Å². The first kappa shape index (κ1) is 26.9. The van der Waals surface area contributed by atoms with Crippen LogP contribution in [0.2, 0.25) is 0 Å². The number of hydrogen-bond donors (Lipinski definition) is 2. The third-order valence-corrected chi connectivity index (χ3v) is 7.17. The summed E-state index contributed by atoms with van der Waals surface area (Å²) in [7, 11) is 1.87. The van der Waals surface area contributed by atoms with Crippen LogP contribution >= 0.6 is 22.6 Å². The van der Waals surface area contributed by atoms with Gasteiger partial charge in [-0.15, -0.1) is 0 Å². The lowest BCUT2D eigenvalue weighted by molar-refractivity contribution is -0.123. The highest BCUT2D eigenvalue weighted by atomic mass is 127. The van der Waals surface area contributed by atoms with Crippen LogP contribution in [0.4, 0.5) is 0 Å². The van der Waals surface area contributed by atoms with Gasteiger partial charge in [0.25, 0.3) is 0 Å². The van der Waals surface area contributed by atoms with Crippen molar-refractivity contribution in [2.75, 3.05) is 0 Å². The van der Waals surface area contributed by atoms with Crippen LogP contribution in [0.1, 0.15) is 73.9 Å². The minimum Gasteiger partial charge on any atom is -0.349 e. The van der Waals surface area contributed by atoms with Gasteiger partial charge in [0, 0.05) is 34.2 Å². The number of aromatic nitrogens is 2. The molecule has 2 aromatic carbocycles. The average molecular weight is 609 g/mol. The molecule has 0 spiro atoms. The second-order valence-corrected chi connectivity index (χ2v) is 11.1. The number of hydrogen-bond acceptors (Lipinski definition) is 3. The van der Waals surface area contributed by atoms with Crippen molar-refractivity contribution in [1.29, 1.82) is 0 Å². The van der Waals surface area contributed by atoms with E-state index in [1.165, 1.54) is 9.13 Å². The summed E-state index contributed by atoms with van der Waals surface area (Å²) in [5.41, 5.74) is 4.12. The summed E-state index contributed by atoms with van der Waals surface area (Å²) < 4.78 is 2.95. The largest absolute Gasteiger partial charge is 0.349 e. The molecule has 0 radical (unpaired) electrons. The molecular weight excluding hydrogens is 575 g/mol. The highest BCUT2D eigenvalue weighted by Gasteiger charge is 2.31. The molecule has 2 saturated carbocycles. The van der Waals surface area contributed by atoms with Crippen LogP contribution in [0.25, 0.3) is 0 Å². The minimum absolute atomic E-state index is 0.0356. The smallest absolute Gasteiger partial charge is 0.223 e. The van der Waals surface area contributed by atoms with Crippen LogP contribution < -0.4 is 10.6 Å². The van der Waals surface area contributed by atoms with Crippen molar-refractivity contribution >= 4 is 34.4 Å². The standard InChI is InChI=1S/C18H19N3O.C12H14INO/c1-13(20-18(22)17-9-10-17)16-7-5-14(6-8-16)3-4-15-11-19-21(2)12-15;1-8(14-12(15)10-2-3-10)9-4-6-11(13)7-5-9/h5-8,11-13,17H,9-10H2,1-2H3,(H,20,22);4-8,10H,2-3H2,1H3,(H,14,15)/t13-;8-/m00/s1. The molecule has 0 saturated heterocycles. The van der Waals surface area contributed by atoms with Gasteiger partial charge < -0.3 is 10.6 Å². The van der Waals surface area contributed by atoms with Gasteiger partial charge in [0.15, 0.2) is 0 Å². The Morgan fingerprint density at radius 3 is 1.73 bits per heavy atom. The van der Waals surface area contributed by atoms with Gasteiger partial charge in [0.1, 0.15) is 0 Å². The van der Waals surface area contributed by atoms with Gasteiger partial charge in [0.05, 0.1) is 23.8 Å². The van der Waals surface area contributed by atoms with E-state index in [1.54, 1.807) is 10.9 Å². The second-order valence-electron chi connectivity index (χ2n) is 9.84. The van der Waals surface area contributed by atoms with Gasteiger partial charge >= 0.3 is 0 Å². The number of aryl methyl sites for hydroxylation is 1. The highest BCUT2D eigenvalue weighted by Crippen LogP contribution is 2.30. The first-order valence-electron chi connectivity index (χ1n) is 12.8. The SMILES string of the molecule is C[C@H](NC(=O)C1CC1)c1ccc(C#Cc2cnn(C)c2)cc1.C[C@H](NC(=O)C1CC1)c1ccc(I)cc1. The third kappa shape index (κ3) is 8.46. The van der Waals surface area contributed by atoms with E-state index in [4.69, 9.17) is 0 Å². The Hall–Kier alpha value is -3.12. The van der Waals surface area contributed by atoms with Crippen molar-refractivity contribution in [3.05, 3.63) is 86.7 Å². The van der Waals surface area contributed by atoms with Crippen LogP contribution in [-0.2, 0) is 16.6 Å². The summed E-state index contributed by atoms with van der Waals surface area (Å²) in [5.74, 6) is 7.12. The summed E-state index contributed by atoms with van der Waals surface area (Å²) >= 11 is 2.28. The molecule has 37 heavy (non-hydrogen) atoms. The van der Waals surface area contributed by atoms with Crippen molar-refractivity contribution in [2.24, 2.45) is 18.9 Å². The van der Waals surface area contributed by atoms with Crippen molar-refractivity contribution in [1.82, 2.24) is 20.4 Å². The molecule has 192 valence electrons. The minimum atomic E-state index is 0.0356. The van der Waals surface area contributed by atoms with E-state index in [0.717, 1.165) is 42.4 Å². The predicted molar refractivity (Wildman–Crippen MR) is 153 cm³/mol. The maximum atomic E-state index is 11.8. The summed E-state index contributed by atoms with van der Waals surface area (Å²) in [6.45, 7) is 4.04. The topological polar surface area (TPSA) is 76.0 Å². The molecule has 0 aliphatic heterocycles. The summed E-state index contributed by atoms with van der Waals surface area (Å²) in [5, 5.41) is 10.2. The fraction of sp³-hybridized carbons (Fsp3) is 0.367. The van der Waals surface area contributed by atoms with Crippen molar-refractivity contribution in [3.8, 4) is 11.8 Å². The molecule has 2 fully saturated rings. The van der Waals surface area contributed by atoms with Gasteiger partial charge in [-0.2, -0.15) is 5.10 Å². The fourth-order valence-corrected chi connectivity index (χ4v) is 4.12. The molecule has 7 heteroatoms. The van der Waals surface area contributed by atoms with E-state index in [-0.39, 0.29) is 35.7 Å². The lowest BCUT2D eigenvalue weighted by Crippen LogP contribution is -2.27. The van der Waals surface area contributed by atoms with Crippen molar-refractivity contribution < 1.29 is 9.59 Å². The summed E-state index contributed by atoms with van der Waals surface area (Å²) in [6.07, 6.45) is 7.81. The molecule has 2 atom stereocenters. The van der Waals surface area contributed by atoms with Gasteiger partial charge in [-0.3, -0.25) is 14.3 Å². The molecule has 1 aromatic heterocycles. The Labute approximate surface area is 232 Å². The fourth-order valence-electron chi connectivity index (χ4n) is 3.76. The van der Waals surface area contributed by atoms with E-state index < -0.39 is 0 Å². The number of carbonyl (C=O) groups excluding carboxylic acids is 2. The maximum absolute atomic E-state index is 11.8. The third-order valence-electron chi connectivity index (χ3n) is 6.45. The zero-order valence-electron chi connectivity index (χ0n) is 21.5. The number of halogens is 1. The maximum Gasteiger partial charge on any atom is 0.223 e. The van der Waals surface area contributed by atoms with Crippen LogP contribution in [0.3, 0.4) is 0 Å². The van der Waals surface area contributed by atoms with Crippen LogP contribution in [0, 0.1) is 27.2 Å². The molecule has 0 bridgehead atoms. The summed E-state index contributed by atoms with van der Waals surface area (Å²) in [6, 6.07) is 16.4. The lowest BCUT2D eigenvalue weighted by atomic mass is 10.1. The number of nitrogens with one attached hydrogen (secondary N) is 2. The Bertz CT molecular complexity index is 1280. The quantitative estimate of drug-likeness (QED) is 0.295. The molecule has 3 aromatic rings. The van der Waals surface area contributed by atoms with E-state index in [0.29, 0.717) is 0 Å². The Morgan fingerprint density at radius 2 is 1.30 bits per heavy atom. The van der Waals surface area contributed by atoms with Gasteiger partial charge in [0.2, 0.25) is 11.8 Å². The van der Waals surface area contributed by atoms with Crippen molar-refractivity contribution in [2.45, 2.75) is 51.6 Å². The van der Waals surface area contributed by atoms with Gasteiger partial charge in [-0.25, -0.2) is 0 Å². The molecule has 2 aliphatic carbocycles. The molecule has 2 aliphatic rings. The summed E-state index contributed by atoms with van der Waals surface area (Å²) in [4.78, 5) is 23.3. The van der Waals surface area contributed by atoms with Gasteiger partial charge in [-0.05, 0) is 97.5 Å². The number of rotatable bonds is 6.